The largest absolute Gasteiger partial charge is 0.416 e. The fourth-order valence-electron chi connectivity index (χ4n) is 2.52. The number of carbonyl (C=O) groups excluding carboxylic acids is 1. The van der Waals surface area contributed by atoms with E-state index in [9.17, 15) is 18.0 Å². The maximum Gasteiger partial charge on any atom is 0.416 e. The number of halogens is 4. The van der Waals surface area contributed by atoms with Gasteiger partial charge in [0.05, 0.1) is 15.8 Å². The minimum Gasteiger partial charge on any atom is -0.325 e. The molecule has 0 bridgehead atoms. The topological polar surface area (TPSA) is 59.8 Å². The Hall–Kier alpha value is -2.52. The minimum atomic E-state index is -4.48. The van der Waals surface area contributed by atoms with Crippen molar-refractivity contribution in [2.24, 2.45) is 7.05 Å². The molecule has 2 aromatic carbocycles. The fourth-order valence-corrected chi connectivity index (χ4v) is 3.56. The van der Waals surface area contributed by atoms with Crippen LogP contribution in [-0.2, 0) is 18.0 Å². The quantitative estimate of drug-likeness (QED) is 0.549. The van der Waals surface area contributed by atoms with Gasteiger partial charge in [-0.3, -0.25) is 4.79 Å². The van der Waals surface area contributed by atoms with E-state index in [2.05, 4.69) is 15.5 Å². The number of nitrogens with zero attached hydrogens (tertiary/aromatic N) is 3. The lowest BCUT2D eigenvalue weighted by molar-refractivity contribution is -0.137. The van der Waals surface area contributed by atoms with E-state index in [-0.39, 0.29) is 5.69 Å². The third kappa shape index (κ3) is 4.91. The summed E-state index contributed by atoms with van der Waals surface area (Å²) in [6, 6.07) is 11.7. The van der Waals surface area contributed by atoms with Gasteiger partial charge in [-0.25, -0.2) is 0 Å². The van der Waals surface area contributed by atoms with Gasteiger partial charge in [0.25, 0.3) is 0 Å². The van der Waals surface area contributed by atoms with Crippen molar-refractivity contribution < 1.29 is 18.0 Å². The van der Waals surface area contributed by atoms with Crippen molar-refractivity contribution in [2.75, 3.05) is 5.32 Å². The lowest BCUT2D eigenvalue weighted by Gasteiger charge is -2.13. The van der Waals surface area contributed by atoms with E-state index in [1.807, 2.05) is 12.1 Å². The molecule has 1 N–H and O–H groups in total. The van der Waals surface area contributed by atoms with Crippen molar-refractivity contribution in [3.05, 3.63) is 59.1 Å². The number of benzene rings is 2. The number of rotatable bonds is 5. The van der Waals surface area contributed by atoms with Crippen LogP contribution in [0.4, 0.5) is 18.9 Å². The van der Waals surface area contributed by atoms with Crippen LogP contribution in [0.25, 0.3) is 11.4 Å². The predicted molar refractivity (Wildman–Crippen MR) is 107 cm³/mol. The van der Waals surface area contributed by atoms with E-state index < -0.39 is 22.9 Å². The number of alkyl halides is 3. The van der Waals surface area contributed by atoms with Crippen molar-refractivity contribution in [2.45, 2.75) is 23.5 Å². The number of thioether (sulfide) groups is 1. The lowest BCUT2D eigenvalue weighted by Crippen LogP contribution is -2.23. The molecule has 3 aromatic rings. The normalized spacial score (nSPS) is 12.6. The predicted octanol–water partition coefficient (Wildman–Crippen LogP) is 5.27. The van der Waals surface area contributed by atoms with Crippen LogP contribution in [0.3, 0.4) is 0 Å². The van der Waals surface area contributed by atoms with Gasteiger partial charge < -0.3 is 9.88 Å². The highest BCUT2D eigenvalue weighted by atomic mass is 35.5. The molecular weight excluding hydrogens is 425 g/mol. The maximum absolute atomic E-state index is 12.8. The second-order valence-electron chi connectivity index (χ2n) is 6.17. The summed E-state index contributed by atoms with van der Waals surface area (Å²) in [6.45, 7) is 1.64. The van der Waals surface area contributed by atoms with Crippen molar-refractivity contribution >= 4 is 35.0 Å². The van der Waals surface area contributed by atoms with Crippen LogP contribution in [0.2, 0.25) is 5.02 Å². The van der Waals surface area contributed by atoms with E-state index >= 15 is 0 Å². The monoisotopic (exact) mass is 440 g/mol. The SMILES string of the molecule is CC(Sc1nnc(-c2ccccc2Cl)n1C)C(=O)Nc1cccc(C(F)(F)F)c1. The molecule has 0 aliphatic heterocycles. The molecule has 0 aliphatic rings. The molecule has 5 nitrogen and oxygen atoms in total. The van der Waals surface area contributed by atoms with Crippen LogP contribution < -0.4 is 5.32 Å². The van der Waals surface area contributed by atoms with E-state index in [0.717, 1.165) is 23.9 Å². The molecule has 0 aliphatic carbocycles. The van der Waals surface area contributed by atoms with Gasteiger partial charge in [-0.05, 0) is 37.3 Å². The van der Waals surface area contributed by atoms with Crippen LogP contribution in [0.15, 0.2) is 53.7 Å². The molecule has 29 heavy (non-hydrogen) atoms. The first kappa shape index (κ1) is 21.2. The molecule has 0 fully saturated rings. The molecule has 152 valence electrons. The smallest absolute Gasteiger partial charge is 0.325 e. The summed E-state index contributed by atoms with van der Waals surface area (Å²) in [5.74, 6) is 0.0974. The first-order chi connectivity index (χ1) is 13.7. The van der Waals surface area contributed by atoms with Crippen LogP contribution in [0.1, 0.15) is 12.5 Å². The summed E-state index contributed by atoms with van der Waals surface area (Å²) in [5, 5.41) is 11.1. The molecule has 1 atom stereocenters. The summed E-state index contributed by atoms with van der Waals surface area (Å²) in [5.41, 5.74) is -0.0441. The number of carbonyl (C=O) groups is 1. The molecule has 0 saturated carbocycles. The maximum atomic E-state index is 12.8. The van der Waals surface area contributed by atoms with Gasteiger partial charge >= 0.3 is 6.18 Å². The first-order valence-corrected chi connectivity index (χ1v) is 9.71. The van der Waals surface area contributed by atoms with Crippen molar-refractivity contribution in [1.82, 2.24) is 14.8 Å². The summed E-state index contributed by atoms with van der Waals surface area (Å²) in [4.78, 5) is 12.4. The Labute approximate surface area is 174 Å². The second kappa shape index (κ2) is 8.46. The summed E-state index contributed by atoms with van der Waals surface area (Å²) < 4.78 is 40.2. The summed E-state index contributed by atoms with van der Waals surface area (Å²) >= 11 is 7.34. The zero-order valence-corrected chi connectivity index (χ0v) is 16.9. The average Bonchev–Trinajstić information content (AvgIpc) is 3.02. The Bertz CT molecular complexity index is 1040. The summed E-state index contributed by atoms with van der Waals surface area (Å²) in [7, 11) is 1.75. The Kier molecular flexibility index (Phi) is 6.18. The van der Waals surface area contributed by atoms with Crippen LogP contribution >= 0.6 is 23.4 Å². The molecule has 1 heterocycles. The second-order valence-corrected chi connectivity index (χ2v) is 7.89. The van der Waals surface area contributed by atoms with Gasteiger partial charge in [0, 0.05) is 18.3 Å². The molecule has 1 aromatic heterocycles. The van der Waals surface area contributed by atoms with Crippen LogP contribution in [0.5, 0.6) is 0 Å². The first-order valence-electron chi connectivity index (χ1n) is 8.46. The van der Waals surface area contributed by atoms with Gasteiger partial charge in [0.2, 0.25) is 5.91 Å². The molecule has 3 rings (SSSR count). The number of nitrogens with one attached hydrogen (secondary N) is 1. The number of hydrogen-bond acceptors (Lipinski definition) is 4. The van der Waals surface area contributed by atoms with Gasteiger partial charge in [-0.1, -0.05) is 41.6 Å². The molecule has 1 amide bonds. The average molecular weight is 441 g/mol. The number of anilines is 1. The zero-order valence-electron chi connectivity index (χ0n) is 15.4. The van der Waals surface area contributed by atoms with E-state index in [1.54, 1.807) is 30.7 Å². The number of aromatic nitrogens is 3. The molecule has 0 saturated heterocycles. The fraction of sp³-hybridized carbons (Fsp3) is 0.211. The molecular formula is C19H16ClF3N4OS. The van der Waals surface area contributed by atoms with Gasteiger partial charge in [0.15, 0.2) is 11.0 Å². The third-order valence-corrected chi connectivity index (χ3v) is 5.52. The van der Waals surface area contributed by atoms with Crippen molar-refractivity contribution in [1.29, 1.82) is 0 Å². The highest BCUT2D eigenvalue weighted by Crippen LogP contribution is 2.32. The summed E-state index contributed by atoms with van der Waals surface area (Å²) in [6.07, 6.45) is -4.48. The molecule has 1 unspecified atom stereocenters. The number of amides is 1. The van der Waals surface area contributed by atoms with Crippen molar-refractivity contribution in [3.63, 3.8) is 0 Å². The van der Waals surface area contributed by atoms with Gasteiger partial charge in [0.1, 0.15) is 0 Å². The Morgan fingerprint density at radius 2 is 1.90 bits per heavy atom. The van der Waals surface area contributed by atoms with E-state index in [0.29, 0.717) is 21.6 Å². The van der Waals surface area contributed by atoms with E-state index in [4.69, 9.17) is 11.6 Å². The highest BCUT2D eigenvalue weighted by Gasteiger charge is 2.30. The Morgan fingerprint density at radius 1 is 1.17 bits per heavy atom. The Morgan fingerprint density at radius 3 is 2.59 bits per heavy atom. The lowest BCUT2D eigenvalue weighted by atomic mass is 10.2. The third-order valence-electron chi connectivity index (χ3n) is 4.06. The van der Waals surface area contributed by atoms with Crippen molar-refractivity contribution in [3.8, 4) is 11.4 Å². The standard InChI is InChI=1S/C19H16ClF3N4OS/c1-11(17(28)24-13-7-5-6-12(10-13)19(21,22)23)29-18-26-25-16(27(18)2)14-8-3-4-9-15(14)20/h3-11H,1-2H3,(H,24,28). The number of hydrogen-bond donors (Lipinski definition) is 1. The van der Waals surface area contributed by atoms with Crippen LogP contribution in [-0.4, -0.2) is 25.9 Å². The minimum absolute atomic E-state index is 0.0759. The molecule has 10 heteroatoms. The van der Waals surface area contributed by atoms with Gasteiger partial charge in [-0.2, -0.15) is 13.2 Å². The van der Waals surface area contributed by atoms with E-state index in [1.165, 1.54) is 12.1 Å². The highest BCUT2D eigenvalue weighted by molar-refractivity contribution is 8.00. The van der Waals surface area contributed by atoms with Gasteiger partial charge in [-0.15, -0.1) is 10.2 Å². The zero-order chi connectivity index (χ0) is 21.2. The Balaban J connectivity index is 1.72. The van der Waals surface area contributed by atoms with Crippen LogP contribution in [0, 0.1) is 0 Å². The molecule has 0 radical (unpaired) electrons. The molecule has 0 spiro atoms.